The fraction of sp³-hybridized carbons (Fsp3) is 0.900. The van der Waals surface area contributed by atoms with Gasteiger partial charge in [0.1, 0.15) is 25.5 Å². The average molecular weight is 440 g/mol. The summed E-state index contributed by atoms with van der Waals surface area (Å²) in [7, 11) is 1.44. The molecule has 0 aliphatic rings. The zero-order valence-electron chi connectivity index (χ0n) is 20.0. The molecule has 0 rings (SSSR count). The van der Waals surface area contributed by atoms with Crippen LogP contribution in [0.25, 0.3) is 0 Å². The highest BCUT2D eigenvalue weighted by atomic mass is 31.2. The highest BCUT2D eigenvalue weighted by molar-refractivity contribution is 7.45. The smallest absolute Gasteiger partial charge is 0.311 e. The van der Waals surface area contributed by atoms with Gasteiger partial charge < -0.3 is 23.2 Å². The number of carbonyl (C=O) groups is 2. The van der Waals surface area contributed by atoms with E-state index in [0.29, 0.717) is 17.4 Å². The number of rotatable bonds is 12. The van der Waals surface area contributed by atoms with E-state index < -0.39 is 13.2 Å². The molecule has 0 bridgehead atoms. The molecule has 9 heteroatoms. The summed E-state index contributed by atoms with van der Waals surface area (Å²) < 4.78 is 26.4. The molecule has 0 aromatic carbocycles. The molecule has 0 saturated heterocycles. The van der Waals surface area contributed by atoms with Gasteiger partial charge in [-0.3, -0.25) is 14.2 Å². The minimum Gasteiger partial charge on any atom is -0.756 e. The van der Waals surface area contributed by atoms with E-state index in [1.54, 1.807) is 20.8 Å². The molecular formula is C20H42NO7P. The number of Topliss-reactive ketones (excluding diaryl/α,β-unsaturated/α-hetero) is 1. The van der Waals surface area contributed by atoms with Crippen LogP contribution in [0, 0.1) is 10.8 Å². The molecule has 0 aliphatic heterocycles. The molecule has 0 fully saturated rings. The van der Waals surface area contributed by atoms with E-state index in [2.05, 4.69) is 4.52 Å². The van der Waals surface area contributed by atoms with Crippen LogP contribution in [0.3, 0.4) is 0 Å². The summed E-state index contributed by atoms with van der Waals surface area (Å²) >= 11 is 0. The highest BCUT2D eigenvalue weighted by Crippen LogP contribution is 2.37. The minimum absolute atomic E-state index is 0.0485. The highest BCUT2D eigenvalue weighted by Gasteiger charge is 2.27. The van der Waals surface area contributed by atoms with Crippen LogP contribution in [-0.2, 0) is 27.9 Å². The van der Waals surface area contributed by atoms with E-state index in [1.807, 2.05) is 48.8 Å². The summed E-state index contributed by atoms with van der Waals surface area (Å²) in [5, 5.41) is 0. The Hall–Kier alpha value is -0.790. The van der Waals surface area contributed by atoms with Crippen molar-refractivity contribution in [1.82, 2.24) is 0 Å². The first-order valence-corrected chi connectivity index (χ1v) is 11.4. The van der Waals surface area contributed by atoms with E-state index in [4.69, 9.17) is 9.26 Å². The first kappa shape index (κ1) is 30.4. The van der Waals surface area contributed by atoms with Crippen molar-refractivity contribution >= 4 is 19.6 Å². The number of nitrogens with zero attached hydrogens (tertiary/aromatic N) is 1. The van der Waals surface area contributed by atoms with Crippen molar-refractivity contribution in [2.75, 3.05) is 47.5 Å². The van der Waals surface area contributed by atoms with Gasteiger partial charge in [-0.1, -0.05) is 27.7 Å². The summed E-state index contributed by atoms with van der Waals surface area (Å²) in [6.45, 7) is 13.2. The number of ketones is 1. The summed E-state index contributed by atoms with van der Waals surface area (Å²) in [6, 6.07) is 0. The van der Waals surface area contributed by atoms with Crippen LogP contribution in [0.2, 0.25) is 0 Å². The lowest BCUT2D eigenvalue weighted by Crippen LogP contribution is -2.37. The van der Waals surface area contributed by atoms with Crippen LogP contribution in [0.1, 0.15) is 61.3 Å². The molecule has 0 N–H and O–H groups in total. The predicted molar refractivity (Wildman–Crippen MR) is 112 cm³/mol. The molecule has 174 valence electrons. The third kappa shape index (κ3) is 15.7. The number of quaternary nitrogens is 1. The maximum atomic E-state index is 11.6. The Morgan fingerprint density at radius 1 is 0.897 bits per heavy atom. The monoisotopic (exact) mass is 439 g/mol. The Morgan fingerprint density at radius 2 is 1.34 bits per heavy atom. The molecule has 0 radical (unpaired) electrons. The van der Waals surface area contributed by atoms with Crippen LogP contribution in [0.4, 0.5) is 0 Å². The minimum atomic E-state index is -4.34. The standard InChI is InChI=1S/C13H28NO6P.C7H14O/c1-7-13(2,3)12(15)18-10-11-20-21(16,17)19-9-8-14(4,5)6;1-5-7(3,4)6(2)8/h7-11H2,1-6H3;5H2,1-4H3. The number of likely N-dealkylation sites (N-methyl/N-ethyl adjacent to an activating group) is 1. The molecule has 0 heterocycles. The van der Waals surface area contributed by atoms with Gasteiger partial charge >= 0.3 is 5.97 Å². The molecule has 0 aromatic rings. The summed E-state index contributed by atoms with van der Waals surface area (Å²) in [5.41, 5.74) is -0.678. The predicted octanol–water partition coefficient (Wildman–Crippen LogP) is 3.19. The second kappa shape index (κ2) is 12.8. The molecule has 0 spiro atoms. The van der Waals surface area contributed by atoms with Crippen LogP contribution in [-0.4, -0.2) is 63.7 Å². The second-order valence-electron chi connectivity index (χ2n) is 9.29. The molecule has 0 saturated carbocycles. The number of ether oxygens (including phenoxy) is 1. The van der Waals surface area contributed by atoms with Gasteiger partial charge in [-0.15, -0.1) is 0 Å². The molecular weight excluding hydrogens is 397 g/mol. The number of hydrogen-bond acceptors (Lipinski definition) is 7. The van der Waals surface area contributed by atoms with Crippen molar-refractivity contribution < 1.29 is 37.3 Å². The average Bonchev–Trinajstić information content (AvgIpc) is 2.57. The van der Waals surface area contributed by atoms with E-state index >= 15 is 0 Å². The Labute approximate surface area is 177 Å². The Morgan fingerprint density at radius 3 is 1.69 bits per heavy atom. The molecule has 1 unspecified atom stereocenters. The van der Waals surface area contributed by atoms with Gasteiger partial charge in [0, 0.05) is 5.41 Å². The Bertz CT molecular complexity index is 554. The Balaban J connectivity index is 0. The van der Waals surface area contributed by atoms with Crippen LogP contribution in [0.15, 0.2) is 0 Å². The number of carbonyl (C=O) groups excluding carboxylic acids is 2. The molecule has 0 aromatic heterocycles. The van der Waals surface area contributed by atoms with E-state index in [9.17, 15) is 19.0 Å². The largest absolute Gasteiger partial charge is 0.756 e. The van der Waals surface area contributed by atoms with E-state index in [-0.39, 0.29) is 37.0 Å². The third-order valence-electron chi connectivity index (χ3n) is 4.85. The van der Waals surface area contributed by atoms with Gasteiger partial charge in [0.2, 0.25) is 0 Å². The van der Waals surface area contributed by atoms with Gasteiger partial charge in [0.25, 0.3) is 7.82 Å². The zero-order valence-corrected chi connectivity index (χ0v) is 20.9. The van der Waals surface area contributed by atoms with Gasteiger partial charge in [-0.05, 0) is 33.6 Å². The summed E-state index contributed by atoms with van der Waals surface area (Å²) in [4.78, 5) is 33.8. The number of phosphoric ester groups is 1. The lowest BCUT2D eigenvalue weighted by Gasteiger charge is -2.27. The lowest BCUT2D eigenvalue weighted by atomic mass is 9.86. The quantitative estimate of drug-likeness (QED) is 0.199. The maximum Gasteiger partial charge on any atom is 0.311 e. The molecule has 0 aliphatic carbocycles. The fourth-order valence-electron chi connectivity index (χ4n) is 1.34. The lowest BCUT2D eigenvalue weighted by molar-refractivity contribution is -0.870. The van der Waals surface area contributed by atoms with Crippen LogP contribution in [0.5, 0.6) is 0 Å². The van der Waals surface area contributed by atoms with Crippen LogP contribution < -0.4 is 4.89 Å². The van der Waals surface area contributed by atoms with Crippen molar-refractivity contribution in [3.8, 4) is 0 Å². The van der Waals surface area contributed by atoms with Crippen molar-refractivity contribution in [2.24, 2.45) is 10.8 Å². The van der Waals surface area contributed by atoms with Gasteiger partial charge in [-0.25, -0.2) is 0 Å². The Kier molecular flexibility index (Phi) is 13.4. The molecule has 8 nitrogen and oxygen atoms in total. The van der Waals surface area contributed by atoms with Gasteiger partial charge in [-0.2, -0.15) is 0 Å². The first-order chi connectivity index (χ1) is 12.9. The fourth-order valence-corrected chi connectivity index (χ4v) is 2.01. The van der Waals surface area contributed by atoms with Crippen LogP contribution >= 0.6 is 7.82 Å². The first-order valence-electron chi connectivity index (χ1n) is 9.99. The third-order valence-corrected chi connectivity index (χ3v) is 5.85. The summed E-state index contributed by atoms with van der Waals surface area (Å²) in [5.74, 6) is -0.0970. The van der Waals surface area contributed by atoms with E-state index in [1.165, 1.54) is 0 Å². The number of hydrogen-bond donors (Lipinski definition) is 0. The maximum absolute atomic E-state index is 11.6. The second-order valence-corrected chi connectivity index (χ2v) is 10.7. The number of esters is 1. The molecule has 1 atom stereocenters. The van der Waals surface area contributed by atoms with Crippen molar-refractivity contribution in [3.05, 3.63) is 0 Å². The van der Waals surface area contributed by atoms with Crippen molar-refractivity contribution in [3.63, 3.8) is 0 Å². The normalized spacial score (nSPS) is 14.4. The molecule has 0 amide bonds. The van der Waals surface area contributed by atoms with E-state index in [0.717, 1.165) is 6.42 Å². The summed E-state index contributed by atoms with van der Waals surface area (Å²) in [6.07, 6.45) is 1.57. The molecule has 29 heavy (non-hydrogen) atoms. The zero-order chi connectivity index (χ0) is 23.5. The topological polar surface area (TPSA) is 102 Å². The van der Waals surface area contributed by atoms with Gasteiger partial charge in [0.15, 0.2) is 0 Å². The van der Waals surface area contributed by atoms with Crippen molar-refractivity contribution in [2.45, 2.75) is 61.3 Å². The SMILES string of the molecule is CCC(C)(C)C(=O)OCCOP(=O)([O-])OCC[N+](C)(C)C.CCC(C)(C)C(C)=O. The van der Waals surface area contributed by atoms with Crippen molar-refractivity contribution in [1.29, 1.82) is 0 Å². The van der Waals surface area contributed by atoms with Gasteiger partial charge in [0.05, 0.1) is 33.2 Å². The number of phosphoric acid groups is 1.